The molecule has 0 spiro atoms. The zero-order valence-corrected chi connectivity index (χ0v) is 6.97. The summed E-state index contributed by atoms with van der Waals surface area (Å²) >= 11 is 0. The standard InChI is InChI=1S/C8H16N2O/c1-6(4-9)8(11)10-5-7-2-3-7/h6-7H,2-5,9H2,1H3,(H,10,11). The van der Waals surface area contributed by atoms with Crippen LogP contribution in [0.25, 0.3) is 0 Å². The van der Waals surface area contributed by atoms with E-state index in [2.05, 4.69) is 5.32 Å². The molecule has 0 bridgehead atoms. The fourth-order valence-corrected chi connectivity index (χ4v) is 0.848. The van der Waals surface area contributed by atoms with E-state index in [1.165, 1.54) is 12.8 Å². The van der Waals surface area contributed by atoms with Crippen LogP contribution in [0.3, 0.4) is 0 Å². The summed E-state index contributed by atoms with van der Waals surface area (Å²) in [5, 5.41) is 2.88. The molecule has 1 aliphatic carbocycles. The monoisotopic (exact) mass is 156 g/mol. The molecular weight excluding hydrogens is 140 g/mol. The molecule has 1 saturated carbocycles. The smallest absolute Gasteiger partial charge is 0.224 e. The molecule has 0 heterocycles. The number of nitrogens with one attached hydrogen (secondary N) is 1. The Hall–Kier alpha value is -0.570. The molecule has 3 N–H and O–H groups in total. The molecule has 0 aromatic carbocycles. The predicted molar refractivity (Wildman–Crippen MR) is 44.0 cm³/mol. The molecule has 1 unspecified atom stereocenters. The van der Waals surface area contributed by atoms with Crippen molar-refractivity contribution in [2.75, 3.05) is 13.1 Å². The van der Waals surface area contributed by atoms with Gasteiger partial charge >= 0.3 is 0 Å². The normalized spacial score (nSPS) is 19.5. The van der Waals surface area contributed by atoms with E-state index in [4.69, 9.17) is 5.73 Å². The zero-order chi connectivity index (χ0) is 8.27. The van der Waals surface area contributed by atoms with Crippen molar-refractivity contribution in [2.45, 2.75) is 19.8 Å². The second-order valence-corrected chi connectivity index (χ2v) is 3.33. The van der Waals surface area contributed by atoms with Crippen LogP contribution in [0.15, 0.2) is 0 Å². The summed E-state index contributed by atoms with van der Waals surface area (Å²) in [5.74, 6) is 0.817. The first-order chi connectivity index (χ1) is 5.24. The van der Waals surface area contributed by atoms with E-state index in [0.717, 1.165) is 12.5 Å². The first-order valence-corrected chi connectivity index (χ1v) is 4.21. The minimum Gasteiger partial charge on any atom is -0.356 e. The molecule has 0 aliphatic heterocycles. The van der Waals surface area contributed by atoms with Gasteiger partial charge in [-0.25, -0.2) is 0 Å². The number of carbonyl (C=O) groups is 1. The zero-order valence-electron chi connectivity index (χ0n) is 6.97. The van der Waals surface area contributed by atoms with Gasteiger partial charge in [0, 0.05) is 19.0 Å². The van der Waals surface area contributed by atoms with Crippen LogP contribution in [0.4, 0.5) is 0 Å². The fraction of sp³-hybridized carbons (Fsp3) is 0.875. The molecule has 0 saturated heterocycles. The van der Waals surface area contributed by atoms with E-state index in [-0.39, 0.29) is 11.8 Å². The number of hydrogen-bond donors (Lipinski definition) is 2. The van der Waals surface area contributed by atoms with Crippen LogP contribution >= 0.6 is 0 Å². The van der Waals surface area contributed by atoms with Crippen molar-refractivity contribution in [3.63, 3.8) is 0 Å². The lowest BCUT2D eigenvalue weighted by atomic mass is 10.2. The van der Waals surface area contributed by atoms with E-state index in [1.54, 1.807) is 0 Å². The summed E-state index contributed by atoms with van der Waals surface area (Å²) in [6, 6.07) is 0. The summed E-state index contributed by atoms with van der Waals surface area (Å²) in [4.78, 5) is 11.1. The molecular formula is C8H16N2O. The number of rotatable bonds is 4. The quantitative estimate of drug-likeness (QED) is 0.607. The van der Waals surface area contributed by atoms with Crippen molar-refractivity contribution in [3.8, 4) is 0 Å². The molecule has 3 nitrogen and oxygen atoms in total. The molecule has 1 rings (SSSR count). The first-order valence-electron chi connectivity index (χ1n) is 4.21. The van der Waals surface area contributed by atoms with Gasteiger partial charge in [-0.1, -0.05) is 6.92 Å². The number of nitrogens with two attached hydrogens (primary N) is 1. The number of amides is 1. The first kappa shape index (κ1) is 8.53. The molecule has 1 fully saturated rings. The van der Waals surface area contributed by atoms with Gasteiger partial charge in [-0.05, 0) is 18.8 Å². The molecule has 64 valence electrons. The topological polar surface area (TPSA) is 55.1 Å². The van der Waals surface area contributed by atoms with Crippen LogP contribution in [-0.2, 0) is 4.79 Å². The number of hydrogen-bond acceptors (Lipinski definition) is 2. The SMILES string of the molecule is CC(CN)C(=O)NCC1CC1. The van der Waals surface area contributed by atoms with E-state index in [1.807, 2.05) is 6.92 Å². The second kappa shape index (κ2) is 3.72. The summed E-state index contributed by atoms with van der Waals surface area (Å²) in [5.41, 5.74) is 5.33. The van der Waals surface area contributed by atoms with Gasteiger partial charge in [0.15, 0.2) is 0 Å². The summed E-state index contributed by atoms with van der Waals surface area (Å²) in [7, 11) is 0. The van der Waals surface area contributed by atoms with Crippen LogP contribution in [0, 0.1) is 11.8 Å². The van der Waals surface area contributed by atoms with E-state index in [9.17, 15) is 4.79 Å². The van der Waals surface area contributed by atoms with Crippen molar-refractivity contribution in [1.29, 1.82) is 0 Å². The molecule has 1 amide bonds. The Bertz CT molecular complexity index is 143. The Labute approximate surface area is 67.3 Å². The largest absolute Gasteiger partial charge is 0.356 e. The van der Waals surface area contributed by atoms with Gasteiger partial charge in [0.2, 0.25) is 5.91 Å². The lowest BCUT2D eigenvalue weighted by Crippen LogP contribution is -2.34. The Kier molecular flexibility index (Phi) is 2.88. The van der Waals surface area contributed by atoms with Crippen LogP contribution in [0.5, 0.6) is 0 Å². The highest BCUT2D eigenvalue weighted by molar-refractivity contribution is 5.78. The average molecular weight is 156 g/mol. The molecule has 0 aromatic heterocycles. The van der Waals surface area contributed by atoms with Crippen LogP contribution in [0.2, 0.25) is 0 Å². The minimum atomic E-state index is -0.0336. The summed E-state index contributed by atoms with van der Waals surface area (Å²) in [6.07, 6.45) is 2.55. The lowest BCUT2D eigenvalue weighted by Gasteiger charge is -2.08. The van der Waals surface area contributed by atoms with E-state index in [0.29, 0.717) is 6.54 Å². The van der Waals surface area contributed by atoms with Crippen LogP contribution < -0.4 is 11.1 Å². The second-order valence-electron chi connectivity index (χ2n) is 3.33. The van der Waals surface area contributed by atoms with Gasteiger partial charge < -0.3 is 11.1 Å². The van der Waals surface area contributed by atoms with E-state index >= 15 is 0 Å². The Morgan fingerprint density at radius 2 is 2.36 bits per heavy atom. The van der Waals surface area contributed by atoms with Gasteiger partial charge in [-0.15, -0.1) is 0 Å². The minimum absolute atomic E-state index is 0.0336. The number of carbonyl (C=O) groups excluding carboxylic acids is 1. The third-order valence-electron chi connectivity index (χ3n) is 2.06. The molecule has 3 heteroatoms. The predicted octanol–water partition coefficient (Wildman–Crippen LogP) is 0.107. The van der Waals surface area contributed by atoms with Crippen LogP contribution in [-0.4, -0.2) is 19.0 Å². The highest BCUT2D eigenvalue weighted by atomic mass is 16.1. The van der Waals surface area contributed by atoms with Crippen molar-refractivity contribution in [3.05, 3.63) is 0 Å². The van der Waals surface area contributed by atoms with Gasteiger partial charge in [0.05, 0.1) is 0 Å². The summed E-state index contributed by atoms with van der Waals surface area (Å²) < 4.78 is 0. The van der Waals surface area contributed by atoms with Crippen molar-refractivity contribution in [2.24, 2.45) is 17.6 Å². The third kappa shape index (κ3) is 2.89. The van der Waals surface area contributed by atoms with E-state index < -0.39 is 0 Å². The highest BCUT2D eigenvalue weighted by Crippen LogP contribution is 2.27. The van der Waals surface area contributed by atoms with Crippen molar-refractivity contribution >= 4 is 5.91 Å². The summed E-state index contributed by atoms with van der Waals surface area (Å²) in [6.45, 7) is 3.14. The maximum atomic E-state index is 11.1. The maximum Gasteiger partial charge on any atom is 0.224 e. The average Bonchev–Trinajstić information content (AvgIpc) is 2.81. The van der Waals surface area contributed by atoms with Gasteiger partial charge in [0.25, 0.3) is 0 Å². The Balaban J connectivity index is 2.08. The Morgan fingerprint density at radius 3 is 2.82 bits per heavy atom. The van der Waals surface area contributed by atoms with Gasteiger partial charge in [-0.3, -0.25) is 4.79 Å². The Morgan fingerprint density at radius 1 is 1.73 bits per heavy atom. The molecule has 1 aliphatic rings. The highest BCUT2D eigenvalue weighted by Gasteiger charge is 2.22. The van der Waals surface area contributed by atoms with Crippen molar-refractivity contribution < 1.29 is 4.79 Å². The van der Waals surface area contributed by atoms with Gasteiger partial charge in [-0.2, -0.15) is 0 Å². The lowest BCUT2D eigenvalue weighted by molar-refractivity contribution is -0.124. The molecule has 0 radical (unpaired) electrons. The molecule has 1 atom stereocenters. The maximum absolute atomic E-state index is 11.1. The third-order valence-corrected chi connectivity index (χ3v) is 2.06. The molecule has 0 aromatic rings. The molecule has 11 heavy (non-hydrogen) atoms. The van der Waals surface area contributed by atoms with Crippen molar-refractivity contribution in [1.82, 2.24) is 5.32 Å². The fourth-order valence-electron chi connectivity index (χ4n) is 0.848. The van der Waals surface area contributed by atoms with Gasteiger partial charge in [0.1, 0.15) is 0 Å². The van der Waals surface area contributed by atoms with Crippen LogP contribution in [0.1, 0.15) is 19.8 Å².